The molecule has 0 saturated carbocycles. The molecule has 12 heteroatoms. The average molecular weight is 696 g/mol. The zero-order chi connectivity index (χ0) is 32.2. The molecule has 2 aliphatic carbocycles. The van der Waals surface area contributed by atoms with Gasteiger partial charge in [0.15, 0.2) is 0 Å². The van der Waals surface area contributed by atoms with Crippen molar-refractivity contribution in [3.8, 4) is 0 Å². The maximum Gasteiger partial charge on any atom is 0.257 e. The molecule has 4 N–H and O–H groups in total. The van der Waals surface area contributed by atoms with Gasteiger partial charge < -0.3 is 21.3 Å². The van der Waals surface area contributed by atoms with Crippen LogP contribution in [0.3, 0.4) is 0 Å². The smallest absolute Gasteiger partial charge is 0.257 e. The molecule has 6 rings (SSSR count). The number of benzene rings is 2. The summed E-state index contributed by atoms with van der Waals surface area (Å²) in [7, 11) is 0. The zero-order valence-electron chi connectivity index (χ0n) is 24.9. The van der Waals surface area contributed by atoms with E-state index in [-0.39, 0.29) is 36.7 Å². The summed E-state index contributed by atoms with van der Waals surface area (Å²) in [5.74, 6) is -1.35. The number of hydrogen-bond donors (Lipinski definition) is 4. The molecule has 8 nitrogen and oxygen atoms in total. The van der Waals surface area contributed by atoms with Crippen LogP contribution >= 0.6 is 45.9 Å². The Morgan fingerprint density at radius 3 is 1.37 bits per heavy atom. The highest BCUT2D eigenvalue weighted by molar-refractivity contribution is 7.17. The van der Waals surface area contributed by atoms with Gasteiger partial charge in [0.25, 0.3) is 23.6 Å². The fourth-order valence-electron chi connectivity index (χ4n) is 5.95. The quantitative estimate of drug-likeness (QED) is 0.136. The van der Waals surface area contributed by atoms with E-state index in [4.69, 9.17) is 23.2 Å². The minimum Gasteiger partial charge on any atom is -0.350 e. The van der Waals surface area contributed by atoms with Gasteiger partial charge in [0, 0.05) is 22.8 Å². The van der Waals surface area contributed by atoms with Crippen LogP contribution in [0.2, 0.25) is 10.0 Å². The highest BCUT2D eigenvalue weighted by Crippen LogP contribution is 2.40. The van der Waals surface area contributed by atoms with Gasteiger partial charge in [-0.1, -0.05) is 47.5 Å². The SMILES string of the molecule is O=C(Nc1sc2c(c1C(=O)NCCNC(=O)c1c(NC(=O)c3ccccc3Cl)sc3c1CCCC3)CCCC2)c1ccccc1Cl. The van der Waals surface area contributed by atoms with Crippen LogP contribution in [0, 0.1) is 0 Å². The van der Waals surface area contributed by atoms with Crippen LogP contribution in [0.1, 0.15) is 88.0 Å². The lowest BCUT2D eigenvalue weighted by Gasteiger charge is -2.15. The largest absolute Gasteiger partial charge is 0.350 e. The molecule has 0 radical (unpaired) electrons. The minimum atomic E-state index is -0.373. The Balaban J connectivity index is 1.13. The third kappa shape index (κ3) is 6.85. The summed E-state index contributed by atoms with van der Waals surface area (Å²) in [6.07, 6.45) is 7.25. The zero-order valence-corrected chi connectivity index (χ0v) is 28.0. The highest BCUT2D eigenvalue weighted by atomic mass is 35.5. The average Bonchev–Trinajstić information content (AvgIpc) is 3.60. The summed E-state index contributed by atoms with van der Waals surface area (Å²) >= 11 is 15.4. The second-order valence-corrected chi connectivity index (χ2v) is 14.2. The molecule has 0 saturated heterocycles. The van der Waals surface area contributed by atoms with Gasteiger partial charge in [-0.2, -0.15) is 0 Å². The molecule has 46 heavy (non-hydrogen) atoms. The lowest BCUT2D eigenvalue weighted by Crippen LogP contribution is -2.35. The van der Waals surface area contributed by atoms with Crippen LogP contribution in [0.4, 0.5) is 10.0 Å². The standard InChI is InChI=1S/C34H32Cl2N4O4S2/c35-23-13-5-1-9-19(23)29(41)39-33-27(21-11-3-7-15-25(21)45-33)31(43)37-17-18-38-32(44)28-22-12-4-8-16-26(22)46-34(28)40-30(42)20-10-2-6-14-24(20)36/h1-2,5-6,9-10,13-14H,3-4,7-8,11-12,15-18H2,(H,37,43)(H,38,44)(H,39,41)(H,40,42). The summed E-state index contributed by atoms with van der Waals surface area (Å²) in [6, 6.07) is 13.6. The van der Waals surface area contributed by atoms with Gasteiger partial charge in [-0.25, -0.2) is 0 Å². The van der Waals surface area contributed by atoms with E-state index in [1.54, 1.807) is 48.5 Å². The second-order valence-electron chi connectivity index (χ2n) is 11.2. The van der Waals surface area contributed by atoms with Gasteiger partial charge in [-0.05, 0) is 86.8 Å². The fourth-order valence-corrected chi connectivity index (χ4v) is 8.96. The van der Waals surface area contributed by atoms with Crippen molar-refractivity contribution < 1.29 is 19.2 Å². The molecule has 0 bridgehead atoms. The van der Waals surface area contributed by atoms with Crippen LogP contribution in [0.5, 0.6) is 0 Å². The Morgan fingerprint density at radius 2 is 0.957 bits per heavy atom. The van der Waals surface area contributed by atoms with Crippen molar-refractivity contribution >= 4 is 79.5 Å². The van der Waals surface area contributed by atoms with E-state index in [1.807, 2.05) is 0 Å². The van der Waals surface area contributed by atoms with Crippen molar-refractivity contribution in [2.75, 3.05) is 23.7 Å². The summed E-state index contributed by atoms with van der Waals surface area (Å²) < 4.78 is 0. The van der Waals surface area contributed by atoms with Crippen molar-refractivity contribution in [1.82, 2.24) is 10.6 Å². The number of anilines is 2. The molecule has 0 atom stereocenters. The highest BCUT2D eigenvalue weighted by Gasteiger charge is 2.29. The maximum absolute atomic E-state index is 13.5. The van der Waals surface area contributed by atoms with Crippen LogP contribution in [0.25, 0.3) is 0 Å². The van der Waals surface area contributed by atoms with Gasteiger partial charge in [0.1, 0.15) is 10.0 Å². The van der Waals surface area contributed by atoms with Crippen molar-refractivity contribution in [1.29, 1.82) is 0 Å². The minimum absolute atomic E-state index is 0.181. The molecule has 2 heterocycles. The Morgan fingerprint density at radius 1 is 0.565 bits per heavy atom. The first-order valence-corrected chi connectivity index (χ1v) is 17.7. The first-order chi connectivity index (χ1) is 22.3. The van der Waals surface area contributed by atoms with E-state index in [1.165, 1.54) is 22.7 Å². The molecule has 2 aliphatic rings. The van der Waals surface area contributed by atoms with Gasteiger partial charge in [0.2, 0.25) is 0 Å². The molecule has 4 aromatic rings. The van der Waals surface area contributed by atoms with Crippen molar-refractivity contribution in [2.45, 2.75) is 51.4 Å². The summed E-state index contributed by atoms with van der Waals surface area (Å²) in [6.45, 7) is 0.363. The van der Waals surface area contributed by atoms with Crippen LogP contribution in [-0.2, 0) is 25.7 Å². The van der Waals surface area contributed by atoms with E-state index in [0.717, 1.165) is 72.2 Å². The molecule has 0 fully saturated rings. The monoisotopic (exact) mass is 694 g/mol. The van der Waals surface area contributed by atoms with E-state index in [0.29, 0.717) is 42.3 Å². The van der Waals surface area contributed by atoms with E-state index < -0.39 is 0 Å². The first kappa shape index (κ1) is 32.2. The van der Waals surface area contributed by atoms with Crippen molar-refractivity contribution in [2.24, 2.45) is 0 Å². The third-order valence-corrected chi connectivity index (χ3v) is 11.3. The van der Waals surface area contributed by atoms with Crippen LogP contribution < -0.4 is 21.3 Å². The number of halogens is 2. The van der Waals surface area contributed by atoms with Gasteiger partial charge >= 0.3 is 0 Å². The number of fused-ring (bicyclic) bond motifs is 2. The van der Waals surface area contributed by atoms with Crippen LogP contribution in [0.15, 0.2) is 48.5 Å². The molecule has 4 amide bonds. The van der Waals surface area contributed by atoms with E-state index in [9.17, 15) is 19.2 Å². The molecule has 0 unspecified atom stereocenters. The molecule has 238 valence electrons. The van der Waals surface area contributed by atoms with E-state index >= 15 is 0 Å². The predicted molar refractivity (Wildman–Crippen MR) is 185 cm³/mol. The number of amides is 4. The molecule has 0 aliphatic heterocycles. The lowest BCUT2D eigenvalue weighted by atomic mass is 9.95. The van der Waals surface area contributed by atoms with Gasteiger partial charge in [0.05, 0.1) is 32.3 Å². The summed E-state index contributed by atoms with van der Waals surface area (Å²) in [5.41, 5.74) is 3.56. The molecular weight excluding hydrogens is 663 g/mol. The second kappa shape index (κ2) is 14.4. The summed E-state index contributed by atoms with van der Waals surface area (Å²) in [5, 5.41) is 13.4. The normalized spacial score (nSPS) is 13.7. The lowest BCUT2D eigenvalue weighted by molar-refractivity contribution is 0.0927. The topological polar surface area (TPSA) is 116 Å². The fraction of sp³-hybridized carbons (Fsp3) is 0.294. The van der Waals surface area contributed by atoms with Crippen molar-refractivity contribution in [3.63, 3.8) is 0 Å². The van der Waals surface area contributed by atoms with Crippen molar-refractivity contribution in [3.05, 3.63) is 102 Å². The number of aryl methyl sites for hydroxylation is 2. The third-order valence-electron chi connectivity index (χ3n) is 8.18. The van der Waals surface area contributed by atoms with E-state index in [2.05, 4.69) is 21.3 Å². The number of carbonyl (C=O) groups excluding carboxylic acids is 4. The summed E-state index contributed by atoms with van der Waals surface area (Å²) in [4.78, 5) is 55.4. The number of nitrogens with one attached hydrogen (secondary N) is 4. The number of carbonyl (C=O) groups is 4. The van der Waals surface area contributed by atoms with Gasteiger partial charge in [-0.15, -0.1) is 22.7 Å². The number of rotatable bonds is 9. The Bertz CT molecular complexity index is 1700. The molecule has 0 spiro atoms. The predicted octanol–water partition coefficient (Wildman–Crippen LogP) is 7.54. The molecule has 2 aromatic heterocycles. The Kier molecular flexibility index (Phi) is 10.1. The first-order valence-electron chi connectivity index (χ1n) is 15.3. The van der Waals surface area contributed by atoms with Gasteiger partial charge in [-0.3, -0.25) is 19.2 Å². The van der Waals surface area contributed by atoms with Crippen LogP contribution in [-0.4, -0.2) is 36.7 Å². The number of hydrogen-bond acceptors (Lipinski definition) is 6. The molecule has 2 aromatic carbocycles. The maximum atomic E-state index is 13.5. The Hall–Kier alpha value is -3.70. The number of thiophene rings is 2. The Labute approximate surface area is 284 Å². The molecular formula is C34H32Cl2N4O4S2.